The highest BCUT2D eigenvalue weighted by Gasteiger charge is 2.21. The van der Waals surface area contributed by atoms with E-state index >= 15 is 0 Å². The summed E-state index contributed by atoms with van der Waals surface area (Å²) in [5, 5.41) is 2.76. The Hall–Kier alpha value is -1.47. The van der Waals surface area contributed by atoms with Crippen molar-refractivity contribution in [1.82, 2.24) is 19.7 Å². The van der Waals surface area contributed by atoms with Crippen LogP contribution in [0.25, 0.3) is 0 Å². The van der Waals surface area contributed by atoms with Gasteiger partial charge in [-0.1, -0.05) is 0 Å². The Labute approximate surface area is 136 Å². The van der Waals surface area contributed by atoms with Gasteiger partial charge in [0.05, 0.1) is 0 Å². The SMILES string of the molecule is Cc1ccc(C(=O)NCCC(C)N2CCN(C)CC2)n1C(F)F. The lowest BCUT2D eigenvalue weighted by molar-refractivity contribution is 0.0616. The van der Waals surface area contributed by atoms with E-state index in [0.717, 1.165) is 37.2 Å². The number of aryl methyl sites for hydroxylation is 1. The monoisotopic (exact) mass is 328 g/mol. The largest absolute Gasteiger partial charge is 0.351 e. The highest BCUT2D eigenvalue weighted by atomic mass is 19.3. The van der Waals surface area contributed by atoms with Crippen molar-refractivity contribution in [3.8, 4) is 0 Å². The first-order chi connectivity index (χ1) is 10.9. The maximum Gasteiger partial charge on any atom is 0.319 e. The fraction of sp³-hybridized carbons (Fsp3) is 0.688. The van der Waals surface area contributed by atoms with Gasteiger partial charge in [0.15, 0.2) is 0 Å². The Balaban J connectivity index is 1.81. The molecule has 7 heteroatoms. The second-order valence-electron chi connectivity index (χ2n) is 6.24. The number of nitrogens with zero attached hydrogens (tertiary/aromatic N) is 3. The van der Waals surface area contributed by atoms with E-state index in [0.29, 0.717) is 18.3 Å². The van der Waals surface area contributed by atoms with Gasteiger partial charge < -0.3 is 10.2 Å². The Kier molecular flexibility index (Phi) is 6.12. The minimum Gasteiger partial charge on any atom is -0.351 e. The Morgan fingerprint density at radius 1 is 1.26 bits per heavy atom. The number of aromatic nitrogens is 1. The number of nitrogens with one attached hydrogen (secondary N) is 1. The first-order valence-electron chi connectivity index (χ1n) is 8.07. The van der Waals surface area contributed by atoms with Crippen LogP contribution in [0.15, 0.2) is 12.1 Å². The maximum atomic E-state index is 13.0. The average molecular weight is 328 g/mol. The van der Waals surface area contributed by atoms with Crippen LogP contribution in [0.4, 0.5) is 8.78 Å². The average Bonchev–Trinajstić information content (AvgIpc) is 2.89. The third-order valence-corrected chi connectivity index (χ3v) is 4.56. The van der Waals surface area contributed by atoms with Crippen molar-refractivity contribution in [2.45, 2.75) is 32.9 Å². The number of halogens is 2. The number of rotatable bonds is 6. The second kappa shape index (κ2) is 7.88. The summed E-state index contributed by atoms with van der Waals surface area (Å²) >= 11 is 0. The van der Waals surface area contributed by atoms with Gasteiger partial charge in [0.25, 0.3) is 5.91 Å². The molecule has 1 N–H and O–H groups in total. The summed E-state index contributed by atoms with van der Waals surface area (Å²) in [5.41, 5.74) is 0.403. The quantitative estimate of drug-likeness (QED) is 0.868. The second-order valence-corrected chi connectivity index (χ2v) is 6.24. The van der Waals surface area contributed by atoms with Gasteiger partial charge in [-0.3, -0.25) is 14.3 Å². The number of likely N-dealkylation sites (N-methyl/N-ethyl adjacent to an activating group) is 1. The number of amides is 1. The van der Waals surface area contributed by atoms with Gasteiger partial charge >= 0.3 is 6.55 Å². The number of carbonyl (C=O) groups is 1. The molecule has 0 radical (unpaired) electrons. The summed E-state index contributed by atoms with van der Waals surface area (Å²) in [6.07, 6.45) is 0.809. The Bertz CT molecular complexity index is 524. The fourth-order valence-corrected chi connectivity index (χ4v) is 2.92. The van der Waals surface area contributed by atoms with Crippen LogP contribution in [0.1, 0.15) is 36.1 Å². The zero-order valence-electron chi connectivity index (χ0n) is 14.1. The third kappa shape index (κ3) is 4.51. The molecule has 0 spiro atoms. The normalized spacial score (nSPS) is 18.3. The van der Waals surface area contributed by atoms with Crippen LogP contribution < -0.4 is 5.32 Å². The molecule has 1 aromatic rings. The molecule has 2 rings (SSSR count). The molecule has 1 atom stereocenters. The molecule has 0 bridgehead atoms. The summed E-state index contributed by atoms with van der Waals surface area (Å²) in [6.45, 7) is 5.66. The third-order valence-electron chi connectivity index (χ3n) is 4.56. The smallest absolute Gasteiger partial charge is 0.319 e. The van der Waals surface area contributed by atoms with Crippen LogP contribution in [0, 0.1) is 6.92 Å². The number of alkyl halides is 2. The van der Waals surface area contributed by atoms with E-state index in [2.05, 4.69) is 29.1 Å². The van der Waals surface area contributed by atoms with Gasteiger partial charge in [0.1, 0.15) is 5.69 Å². The van der Waals surface area contributed by atoms with Crippen LogP contribution >= 0.6 is 0 Å². The predicted octanol–water partition coefficient (Wildman–Crippen LogP) is 1.95. The van der Waals surface area contributed by atoms with Gasteiger partial charge in [-0.15, -0.1) is 0 Å². The van der Waals surface area contributed by atoms with E-state index in [1.54, 1.807) is 6.92 Å². The molecule has 130 valence electrons. The summed E-state index contributed by atoms with van der Waals surface area (Å²) in [5.74, 6) is -0.441. The molecule has 1 aliphatic rings. The van der Waals surface area contributed by atoms with E-state index in [9.17, 15) is 13.6 Å². The summed E-state index contributed by atoms with van der Waals surface area (Å²) in [6, 6.07) is 3.35. The van der Waals surface area contributed by atoms with Gasteiger partial charge in [-0.2, -0.15) is 8.78 Å². The van der Waals surface area contributed by atoms with Gasteiger partial charge in [0, 0.05) is 44.5 Å². The van der Waals surface area contributed by atoms with Crippen LogP contribution in [0.3, 0.4) is 0 Å². The molecule has 1 saturated heterocycles. The number of carbonyl (C=O) groups excluding carboxylic acids is 1. The summed E-state index contributed by atoms with van der Waals surface area (Å²) in [7, 11) is 2.11. The van der Waals surface area contributed by atoms with Crippen LogP contribution in [0.2, 0.25) is 0 Å². The molecule has 0 aromatic carbocycles. The molecule has 1 aromatic heterocycles. The maximum absolute atomic E-state index is 13.0. The minimum atomic E-state index is -2.70. The van der Waals surface area contributed by atoms with E-state index in [4.69, 9.17) is 0 Å². The Morgan fingerprint density at radius 3 is 2.52 bits per heavy atom. The van der Waals surface area contributed by atoms with Crippen molar-refractivity contribution in [3.63, 3.8) is 0 Å². The molecule has 1 fully saturated rings. The number of hydrogen-bond donors (Lipinski definition) is 1. The first kappa shape index (κ1) is 17.9. The summed E-state index contributed by atoms with van der Waals surface area (Å²) in [4.78, 5) is 16.8. The lowest BCUT2D eigenvalue weighted by Crippen LogP contribution is -2.48. The topological polar surface area (TPSA) is 40.5 Å². The lowest BCUT2D eigenvalue weighted by atomic mass is 10.1. The molecule has 23 heavy (non-hydrogen) atoms. The van der Waals surface area contributed by atoms with Crippen molar-refractivity contribution in [1.29, 1.82) is 0 Å². The molecule has 1 unspecified atom stereocenters. The van der Waals surface area contributed by atoms with Crippen molar-refractivity contribution in [3.05, 3.63) is 23.5 Å². The summed E-state index contributed by atoms with van der Waals surface area (Å²) < 4.78 is 26.7. The molecular formula is C16H26F2N4O. The Morgan fingerprint density at radius 2 is 1.91 bits per heavy atom. The molecular weight excluding hydrogens is 302 g/mol. The van der Waals surface area contributed by atoms with Gasteiger partial charge in [0.2, 0.25) is 0 Å². The van der Waals surface area contributed by atoms with Crippen molar-refractivity contribution in [2.75, 3.05) is 39.8 Å². The minimum absolute atomic E-state index is 0.0183. The van der Waals surface area contributed by atoms with Crippen molar-refractivity contribution in [2.24, 2.45) is 0 Å². The van der Waals surface area contributed by atoms with Crippen LogP contribution in [-0.2, 0) is 0 Å². The molecule has 1 aliphatic heterocycles. The molecule has 2 heterocycles. The molecule has 0 saturated carbocycles. The van der Waals surface area contributed by atoms with E-state index < -0.39 is 12.5 Å². The van der Waals surface area contributed by atoms with Gasteiger partial charge in [-0.25, -0.2) is 0 Å². The van der Waals surface area contributed by atoms with Crippen molar-refractivity contribution >= 4 is 5.91 Å². The predicted molar refractivity (Wildman–Crippen MR) is 85.9 cm³/mol. The fourth-order valence-electron chi connectivity index (χ4n) is 2.92. The van der Waals surface area contributed by atoms with Crippen LogP contribution in [-0.4, -0.2) is 66.1 Å². The van der Waals surface area contributed by atoms with E-state index in [1.807, 2.05) is 0 Å². The van der Waals surface area contributed by atoms with E-state index in [-0.39, 0.29) is 5.69 Å². The zero-order valence-corrected chi connectivity index (χ0v) is 14.1. The highest BCUT2D eigenvalue weighted by Crippen LogP contribution is 2.18. The number of piperazine rings is 1. The molecule has 0 aliphatic carbocycles. The number of hydrogen-bond acceptors (Lipinski definition) is 3. The molecule has 1 amide bonds. The van der Waals surface area contributed by atoms with E-state index in [1.165, 1.54) is 12.1 Å². The zero-order chi connectivity index (χ0) is 17.0. The standard InChI is InChI=1S/C16H26F2N4O/c1-12(21-10-8-20(3)9-11-21)6-7-19-15(23)14-5-4-13(2)22(14)16(17)18/h4-5,12,16H,6-11H2,1-3H3,(H,19,23). The first-order valence-corrected chi connectivity index (χ1v) is 8.07. The van der Waals surface area contributed by atoms with Crippen molar-refractivity contribution < 1.29 is 13.6 Å². The van der Waals surface area contributed by atoms with Crippen LogP contribution in [0.5, 0.6) is 0 Å². The molecule has 5 nitrogen and oxygen atoms in total. The highest BCUT2D eigenvalue weighted by molar-refractivity contribution is 5.92. The lowest BCUT2D eigenvalue weighted by Gasteiger charge is -2.36. The van der Waals surface area contributed by atoms with Gasteiger partial charge in [-0.05, 0) is 39.4 Å².